The van der Waals surface area contributed by atoms with Gasteiger partial charge in [0.2, 0.25) is 5.95 Å². The Bertz CT molecular complexity index is 406. The van der Waals surface area contributed by atoms with E-state index in [1.54, 1.807) is 6.20 Å². The number of hydrogen-bond acceptors (Lipinski definition) is 4. The zero-order chi connectivity index (χ0) is 13.7. The van der Waals surface area contributed by atoms with Gasteiger partial charge in [-0.3, -0.25) is 0 Å². The van der Waals surface area contributed by atoms with Crippen LogP contribution in [0.4, 0.5) is 11.8 Å². The lowest BCUT2D eigenvalue weighted by atomic mass is 9.85. The van der Waals surface area contributed by atoms with E-state index in [1.807, 2.05) is 0 Å². The van der Waals surface area contributed by atoms with E-state index in [9.17, 15) is 0 Å². The van der Waals surface area contributed by atoms with Crippen LogP contribution in [0.1, 0.15) is 39.5 Å². The number of nitrogens with one attached hydrogen (secondary N) is 1. The molecule has 0 saturated heterocycles. The summed E-state index contributed by atoms with van der Waals surface area (Å²) in [5, 5.41) is 3.86. The van der Waals surface area contributed by atoms with Crippen LogP contribution in [-0.4, -0.2) is 29.6 Å². The van der Waals surface area contributed by atoms with Crippen molar-refractivity contribution in [2.75, 3.05) is 29.9 Å². The van der Waals surface area contributed by atoms with Gasteiger partial charge in [-0.15, -0.1) is 0 Å². The van der Waals surface area contributed by atoms with E-state index < -0.39 is 0 Å². The van der Waals surface area contributed by atoms with Crippen LogP contribution in [0.25, 0.3) is 0 Å². The molecule has 1 saturated carbocycles. The van der Waals surface area contributed by atoms with Crippen LogP contribution in [0, 0.1) is 5.92 Å². The second kappa shape index (κ2) is 6.94. The molecule has 0 amide bonds. The summed E-state index contributed by atoms with van der Waals surface area (Å²) in [6, 6.07) is 0. The molecule has 0 unspecified atom stereocenters. The fraction of sp³-hybridized carbons (Fsp3) is 0.714. The Kier molecular flexibility index (Phi) is 5.25. The van der Waals surface area contributed by atoms with Crippen molar-refractivity contribution < 1.29 is 0 Å². The average molecular weight is 283 g/mol. The van der Waals surface area contributed by atoms with Gasteiger partial charge in [0.25, 0.3) is 0 Å². The summed E-state index contributed by atoms with van der Waals surface area (Å²) in [5.74, 6) is 2.34. The first-order valence-electron chi connectivity index (χ1n) is 7.26. The van der Waals surface area contributed by atoms with Crippen molar-refractivity contribution >= 4 is 23.4 Å². The van der Waals surface area contributed by atoms with Crippen LogP contribution in [-0.2, 0) is 0 Å². The molecule has 5 heteroatoms. The molecule has 1 N–H and O–H groups in total. The van der Waals surface area contributed by atoms with Crippen molar-refractivity contribution in [2.24, 2.45) is 5.92 Å². The molecule has 1 heterocycles. The molecular weight excluding hydrogens is 260 g/mol. The van der Waals surface area contributed by atoms with Gasteiger partial charge in [-0.2, -0.15) is 4.98 Å². The van der Waals surface area contributed by atoms with Gasteiger partial charge in [0.15, 0.2) is 5.82 Å². The maximum absolute atomic E-state index is 6.25. The SMILES string of the molecule is CCCNc1ncc(Cl)c(N(CC)CC2CCC2)n1. The molecule has 2 rings (SSSR count). The summed E-state index contributed by atoms with van der Waals surface area (Å²) in [6.45, 7) is 7.14. The Balaban J connectivity index is 2.09. The summed E-state index contributed by atoms with van der Waals surface area (Å²) in [7, 11) is 0. The standard InChI is InChI=1S/C14H23ClN4/c1-3-8-16-14-17-9-12(15)13(18-14)19(4-2)10-11-6-5-7-11/h9,11H,3-8,10H2,1-2H3,(H,16,17,18). The van der Waals surface area contributed by atoms with E-state index in [0.717, 1.165) is 37.8 Å². The van der Waals surface area contributed by atoms with E-state index in [4.69, 9.17) is 11.6 Å². The largest absolute Gasteiger partial charge is 0.355 e. The van der Waals surface area contributed by atoms with Crippen LogP contribution in [0.2, 0.25) is 5.02 Å². The molecule has 0 bridgehead atoms. The zero-order valence-corrected chi connectivity index (χ0v) is 12.6. The molecule has 106 valence electrons. The molecule has 1 aliphatic rings. The smallest absolute Gasteiger partial charge is 0.224 e. The normalized spacial score (nSPS) is 15.1. The van der Waals surface area contributed by atoms with Crippen LogP contribution in [0.5, 0.6) is 0 Å². The van der Waals surface area contributed by atoms with E-state index in [0.29, 0.717) is 11.0 Å². The molecule has 1 aromatic heterocycles. The number of nitrogens with zero attached hydrogens (tertiary/aromatic N) is 3. The molecule has 19 heavy (non-hydrogen) atoms. The molecule has 1 aliphatic carbocycles. The first kappa shape index (κ1) is 14.4. The summed E-state index contributed by atoms with van der Waals surface area (Å²) >= 11 is 6.25. The molecule has 1 fully saturated rings. The summed E-state index contributed by atoms with van der Waals surface area (Å²) in [6.07, 6.45) is 6.79. The lowest BCUT2D eigenvalue weighted by Gasteiger charge is -2.32. The predicted octanol–water partition coefficient (Wildman–Crippen LogP) is 3.58. The Labute approximate surface area is 120 Å². The average Bonchev–Trinajstić information content (AvgIpc) is 2.37. The quantitative estimate of drug-likeness (QED) is 0.830. The molecule has 0 radical (unpaired) electrons. The fourth-order valence-corrected chi connectivity index (χ4v) is 2.46. The molecule has 0 atom stereocenters. The van der Waals surface area contributed by atoms with Crippen LogP contribution >= 0.6 is 11.6 Å². The maximum atomic E-state index is 6.25. The second-order valence-corrected chi connectivity index (χ2v) is 5.53. The third-order valence-electron chi connectivity index (χ3n) is 3.64. The highest BCUT2D eigenvalue weighted by molar-refractivity contribution is 6.32. The molecule has 0 spiro atoms. The van der Waals surface area contributed by atoms with Crippen LogP contribution in [0.15, 0.2) is 6.20 Å². The number of anilines is 2. The lowest BCUT2D eigenvalue weighted by Crippen LogP contribution is -2.33. The number of hydrogen-bond donors (Lipinski definition) is 1. The van der Waals surface area contributed by atoms with Gasteiger partial charge in [0, 0.05) is 19.6 Å². The maximum Gasteiger partial charge on any atom is 0.224 e. The van der Waals surface area contributed by atoms with Gasteiger partial charge in [0.05, 0.1) is 6.20 Å². The molecule has 1 aromatic rings. The minimum absolute atomic E-state index is 0.642. The first-order chi connectivity index (χ1) is 9.24. The van der Waals surface area contributed by atoms with Crippen molar-refractivity contribution in [1.29, 1.82) is 0 Å². The van der Waals surface area contributed by atoms with Gasteiger partial charge in [-0.05, 0) is 32.1 Å². The lowest BCUT2D eigenvalue weighted by molar-refractivity contribution is 0.318. The van der Waals surface area contributed by atoms with Crippen molar-refractivity contribution in [3.8, 4) is 0 Å². The number of rotatable bonds is 7. The highest BCUT2D eigenvalue weighted by Gasteiger charge is 2.22. The third kappa shape index (κ3) is 3.72. The van der Waals surface area contributed by atoms with Crippen molar-refractivity contribution in [2.45, 2.75) is 39.5 Å². The number of halogens is 1. The minimum atomic E-state index is 0.642. The molecule has 4 nitrogen and oxygen atoms in total. The van der Waals surface area contributed by atoms with Crippen LogP contribution < -0.4 is 10.2 Å². The van der Waals surface area contributed by atoms with Gasteiger partial charge < -0.3 is 10.2 Å². The van der Waals surface area contributed by atoms with E-state index in [2.05, 4.69) is 34.0 Å². The number of aromatic nitrogens is 2. The van der Waals surface area contributed by atoms with Crippen molar-refractivity contribution in [1.82, 2.24) is 9.97 Å². The molecule has 0 aromatic carbocycles. The summed E-state index contributed by atoms with van der Waals surface area (Å²) in [4.78, 5) is 11.1. The molecular formula is C14H23ClN4. The fourth-order valence-electron chi connectivity index (χ4n) is 2.25. The highest BCUT2D eigenvalue weighted by Crippen LogP contribution is 2.30. The Hall–Kier alpha value is -1.03. The highest BCUT2D eigenvalue weighted by atomic mass is 35.5. The molecule has 0 aliphatic heterocycles. The van der Waals surface area contributed by atoms with Gasteiger partial charge in [-0.25, -0.2) is 4.98 Å². The third-order valence-corrected chi connectivity index (χ3v) is 3.91. The zero-order valence-electron chi connectivity index (χ0n) is 11.8. The summed E-state index contributed by atoms with van der Waals surface area (Å²) in [5.41, 5.74) is 0. The Morgan fingerprint density at radius 2 is 2.21 bits per heavy atom. The van der Waals surface area contributed by atoms with Gasteiger partial charge >= 0.3 is 0 Å². The van der Waals surface area contributed by atoms with Crippen molar-refractivity contribution in [3.05, 3.63) is 11.2 Å². The first-order valence-corrected chi connectivity index (χ1v) is 7.63. The Morgan fingerprint density at radius 1 is 1.42 bits per heavy atom. The van der Waals surface area contributed by atoms with E-state index in [-0.39, 0.29) is 0 Å². The topological polar surface area (TPSA) is 41.1 Å². The van der Waals surface area contributed by atoms with E-state index >= 15 is 0 Å². The van der Waals surface area contributed by atoms with Gasteiger partial charge in [-0.1, -0.05) is 24.9 Å². The van der Waals surface area contributed by atoms with Crippen LogP contribution in [0.3, 0.4) is 0 Å². The van der Waals surface area contributed by atoms with E-state index in [1.165, 1.54) is 19.3 Å². The summed E-state index contributed by atoms with van der Waals surface area (Å²) < 4.78 is 0. The monoisotopic (exact) mass is 282 g/mol. The van der Waals surface area contributed by atoms with Crippen molar-refractivity contribution in [3.63, 3.8) is 0 Å². The Morgan fingerprint density at radius 3 is 2.79 bits per heavy atom. The second-order valence-electron chi connectivity index (χ2n) is 5.13. The minimum Gasteiger partial charge on any atom is -0.355 e. The van der Waals surface area contributed by atoms with Gasteiger partial charge in [0.1, 0.15) is 5.02 Å². The predicted molar refractivity (Wildman–Crippen MR) is 81.1 cm³/mol.